The van der Waals surface area contributed by atoms with Crippen molar-refractivity contribution < 1.29 is 4.79 Å². The standard InChI is InChI=1S/C17H16Cl2N2O/c18-14-6-5-11(7-15(14)19)8-16(20)17(22)21-9-12-3-1-2-4-13(12)10-21/h1-7,16H,8-10,20H2. The number of nitrogens with two attached hydrogens (primary N) is 1. The summed E-state index contributed by atoms with van der Waals surface area (Å²) in [5.41, 5.74) is 9.38. The molecular formula is C17H16Cl2N2O. The van der Waals surface area contributed by atoms with Gasteiger partial charge in [-0.15, -0.1) is 0 Å². The Morgan fingerprint density at radius 2 is 1.73 bits per heavy atom. The van der Waals surface area contributed by atoms with Crippen LogP contribution in [0.3, 0.4) is 0 Å². The van der Waals surface area contributed by atoms with E-state index in [1.54, 1.807) is 17.0 Å². The minimum Gasteiger partial charge on any atom is -0.333 e. The van der Waals surface area contributed by atoms with Crippen LogP contribution < -0.4 is 5.73 Å². The monoisotopic (exact) mass is 334 g/mol. The average molecular weight is 335 g/mol. The van der Waals surface area contributed by atoms with E-state index in [9.17, 15) is 4.79 Å². The fraction of sp³-hybridized carbons (Fsp3) is 0.235. The molecule has 1 aliphatic heterocycles. The van der Waals surface area contributed by atoms with Crippen LogP contribution >= 0.6 is 23.2 Å². The summed E-state index contributed by atoms with van der Waals surface area (Å²) in [6.45, 7) is 1.26. The van der Waals surface area contributed by atoms with E-state index in [1.807, 2.05) is 30.3 Å². The molecule has 2 aromatic rings. The van der Waals surface area contributed by atoms with Crippen LogP contribution in [0.5, 0.6) is 0 Å². The van der Waals surface area contributed by atoms with Gasteiger partial charge in [0.2, 0.25) is 5.91 Å². The van der Waals surface area contributed by atoms with E-state index in [-0.39, 0.29) is 5.91 Å². The predicted molar refractivity (Wildman–Crippen MR) is 88.8 cm³/mol. The maximum Gasteiger partial charge on any atom is 0.240 e. The maximum atomic E-state index is 12.5. The van der Waals surface area contributed by atoms with Gasteiger partial charge in [-0.3, -0.25) is 4.79 Å². The molecule has 5 heteroatoms. The number of rotatable bonds is 3. The lowest BCUT2D eigenvalue weighted by atomic mass is 10.1. The molecule has 0 radical (unpaired) electrons. The third kappa shape index (κ3) is 3.12. The van der Waals surface area contributed by atoms with Gasteiger partial charge in [-0.1, -0.05) is 53.5 Å². The maximum absolute atomic E-state index is 12.5. The van der Waals surface area contributed by atoms with Gasteiger partial charge < -0.3 is 10.6 Å². The van der Waals surface area contributed by atoms with Crippen LogP contribution in [0.15, 0.2) is 42.5 Å². The van der Waals surface area contributed by atoms with Crippen molar-refractivity contribution >= 4 is 29.1 Å². The lowest BCUT2D eigenvalue weighted by molar-refractivity contribution is -0.133. The van der Waals surface area contributed by atoms with Crippen LogP contribution in [0.2, 0.25) is 10.0 Å². The molecule has 1 heterocycles. The first-order valence-electron chi connectivity index (χ1n) is 7.09. The van der Waals surface area contributed by atoms with E-state index in [4.69, 9.17) is 28.9 Å². The summed E-state index contributed by atoms with van der Waals surface area (Å²) in [6.07, 6.45) is 0.447. The van der Waals surface area contributed by atoms with E-state index in [1.165, 1.54) is 11.1 Å². The van der Waals surface area contributed by atoms with Crippen molar-refractivity contribution in [2.75, 3.05) is 0 Å². The second-order valence-corrected chi connectivity index (χ2v) is 6.34. The van der Waals surface area contributed by atoms with E-state index in [0.717, 1.165) is 5.56 Å². The van der Waals surface area contributed by atoms with Crippen molar-refractivity contribution in [3.05, 3.63) is 69.2 Å². The minimum atomic E-state index is -0.577. The summed E-state index contributed by atoms with van der Waals surface area (Å²) >= 11 is 11.9. The summed E-state index contributed by atoms with van der Waals surface area (Å²) in [4.78, 5) is 14.3. The molecule has 0 bridgehead atoms. The topological polar surface area (TPSA) is 46.3 Å². The summed E-state index contributed by atoms with van der Waals surface area (Å²) < 4.78 is 0. The molecule has 0 saturated carbocycles. The van der Waals surface area contributed by atoms with E-state index >= 15 is 0 Å². The van der Waals surface area contributed by atoms with Gasteiger partial charge in [0.25, 0.3) is 0 Å². The number of halogens is 2. The van der Waals surface area contributed by atoms with Gasteiger partial charge in [-0.05, 0) is 35.2 Å². The van der Waals surface area contributed by atoms with Crippen molar-refractivity contribution in [2.24, 2.45) is 5.73 Å². The highest BCUT2D eigenvalue weighted by molar-refractivity contribution is 6.42. The van der Waals surface area contributed by atoms with Crippen LogP contribution in [0.25, 0.3) is 0 Å². The second kappa shape index (κ2) is 6.29. The van der Waals surface area contributed by atoms with Gasteiger partial charge in [-0.25, -0.2) is 0 Å². The second-order valence-electron chi connectivity index (χ2n) is 5.52. The van der Waals surface area contributed by atoms with Crippen molar-refractivity contribution in [3.63, 3.8) is 0 Å². The van der Waals surface area contributed by atoms with Gasteiger partial charge in [0.15, 0.2) is 0 Å². The Morgan fingerprint density at radius 1 is 1.09 bits per heavy atom. The molecule has 0 aliphatic carbocycles. The third-order valence-corrected chi connectivity index (χ3v) is 4.65. The first kappa shape index (κ1) is 15.3. The molecule has 114 valence electrons. The van der Waals surface area contributed by atoms with Crippen molar-refractivity contribution in [1.29, 1.82) is 0 Å². The van der Waals surface area contributed by atoms with Crippen LogP contribution in [0.4, 0.5) is 0 Å². The number of hydrogen-bond acceptors (Lipinski definition) is 2. The first-order valence-corrected chi connectivity index (χ1v) is 7.85. The summed E-state index contributed by atoms with van der Waals surface area (Å²) in [5.74, 6) is -0.0396. The van der Waals surface area contributed by atoms with Crippen molar-refractivity contribution in [1.82, 2.24) is 4.90 Å². The average Bonchev–Trinajstić information content (AvgIpc) is 2.94. The van der Waals surface area contributed by atoms with Crippen LogP contribution in [-0.4, -0.2) is 16.8 Å². The number of hydrogen-bond donors (Lipinski definition) is 1. The molecule has 1 unspecified atom stereocenters. The molecule has 0 spiro atoms. The molecule has 0 fully saturated rings. The number of benzene rings is 2. The fourth-order valence-corrected chi connectivity index (χ4v) is 3.05. The van der Waals surface area contributed by atoms with Crippen molar-refractivity contribution in [2.45, 2.75) is 25.6 Å². The van der Waals surface area contributed by atoms with Gasteiger partial charge in [0, 0.05) is 13.1 Å². The quantitative estimate of drug-likeness (QED) is 0.934. The molecular weight excluding hydrogens is 319 g/mol. The Balaban J connectivity index is 1.67. The zero-order valence-electron chi connectivity index (χ0n) is 11.9. The Morgan fingerprint density at radius 3 is 2.32 bits per heavy atom. The normalized spacial score (nSPS) is 14.8. The summed E-state index contributed by atoms with van der Waals surface area (Å²) in [5, 5.41) is 0.979. The third-order valence-electron chi connectivity index (χ3n) is 3.91. The molecule has 3 rings (SSSR count). The molecule has 2 N–H and O–H groups in total. The van der Waals surface area contributed by atoms with Crippen LogP contribution in [0, 0.1) is 0 Å². The SMILES string of the molecule is NC(Cc1ccc(Cl)c(Cl)c1)C(=O)N1Cc2ccccc2C1. The largest absolute Gasteiger partial charge is 0.333 e. The van der Waals surface area contributed by atoms with E-state index in [2.05, 4.69) is 0 Å². The fourth-order valence-electron chi connectivity index (χ4n) is 2.73. The van der Waals surface area contributed by atoms with Gasteiger partial charge in [0.05, 0.1) is 16.1 Å². The zero-order valence-corrected chi connectivity index (χ0v) is 13.4. The zero-order chi connectivity index (χ0) is 15.7. The predicted octanol–water partition coefficient (Wildman–Crippen LogP) is 3.41. The van der Waals surface area contributed by atoms with Gasteiger partial charge >= 0.3 is 0 Å². The van der Waals surface area contributed by atoms with Gasteiger partial charge in [0.1, 0.15) is 0 Å². The van der Waals surface area contributed by atoms with Crippen LogP contribution in [-0.2, 0) is 24.3 Å². The molecule has 3 nitrogen and oxygen atoms in total. The highest BCUT2D eigenvalue weighted by Crippen LogP contribution is 2.25. The molecule has 0 saturated heterocycles. The number of carbonyl (C=O) groups is 1. The Hall–Kier alpha value is -1.55. The number of carbonyl (C=O) groups excluding carboxylic acids is 1. The molecule has 0 aromatic heterocycles. The van der Waals surface area contributed by atoms with E-state index < -0.39 is 6.04 Å². The Bertz CT molecular complexity index is 693. The lowest BCUT2D eigenvalue weighted by Gasteiger charge is -2.20. The molecule has 1 amide bonds. The summed E-state index contributed by atoms with van der Waals surface area (Å²) in [7, 11) is 0. The number of amides is 1. The molecule has 1 atom stereocenters. The first-order chi connectivity index (χ1) is 10.5. The highest BCUT2D eigenvalue weighted by Gasteiger charge is 2.26. The number of fused-ring (bicyclic) bond motifs is 1. The smallest absolute Gasteiger partial charge is 0.240 e. The summed E-state index contributed by atoms with van der Waals surface area (Å²) in [6, 6.07) is 12.8. The Labute approximate surface area is 139 Å². The van der Waals surface area contributed by atoms with Gasteiger partial charge in [-0.2, -0.15) is 0 Å². The van der Waals surface area contributed by atoms with Crippen molar-refractivity contribution in [3.8, 4) is 0 Å². The number of nitrogens with zero attached hydrogens (tertiary/aromatic N) is 1. The highest BCUT2D eigenvalue weighted by atomic mass is 35.5. The molecule has 2 aromatic carbocycles. The van der Waals surface area contributed by atoms with Crippen LogP contribution in [0.1, 0.15) is 16.7 Å². The molecule has 1 aliphatic rings. The minimum absolute atomic E-state index is 0.0396. The lowest BCUT2D eigenvalue weighted by Crippen LogP contribution is -2.42. The Kier molecular flexibility index (Phi) is 4.39. The van der Waals surface area contributed by atoms with E-state index in [0.29, 0.717) is 29.6 Å². The molecule has 22 heavy (non-hydrogen) atoms.